The van der Waals surface area contributed by atoms with Crippen LogP contribution in [0.25, 0.3) is 5.65 Å². The minimum atomic E-state index is -1.04. The normalized spacial score (nSPS) is 14.5. The standard InChI is InChI=1S/C29H29F2N5O3/c1-17-14-22(19(3)32-24-7-5-4-6-21(24)29(38)39)27-33-26(18(2)28(37)36(27)16-17)35-12-10-34(11-13-35)25-9-8-20(30)15-23(25)31/h4-9,14-16,19,32H,10-13H2,1-3H3,(H,38,39)/t19-/m1/s1. The van der Waals surface area contributed by atoms with Gasteiger partial charge in [0.2, 0.25) is 0 Å². The monoisotopic (exact) mass is 533 g/mol. The zero-order valence-corrected chi connectivity index (χ0v) is 21.9. The van der Waals surface area contributed by atoms with E-state index in [1.807, 2.05) is 29.7 Å². The number of aromatic nitrogens is 2. The molecule has 2 aromatic carbocycles. The Morgan fingerprint density at radius 1 is 1.03 bits per heavy atom. The zero-order chi connectivity index (χ0) is 27.8. The highest BCUT2D eigenvalue weighted by Gasteiger charge is 2.25. The van der Waals surface area contributed by atoms with Crippen molar-refractivity contribution >= 4 is 28.8 Å². The van der Waals surface area contributed by atoms with Crippen molar-refractivity contribution in [2.24, 2.45) is 0 Å². The number of carbonyl (C=O) groups is 1. The van der Waals surface area contributed by atoms with Gasteiger partial charge >= 0.3 is 5.97 Å². The topological polar surface area (TPSA) is 90.2 Å². The summed E-state index contributed by atoms with van der Waals surface area (Å²) >= 11 is 0. The summed E-state index contributed by atoms with van der Waals surface area (Å²) < 4.78 is 29.2. The van der Waals surface area contributed by atoms with E-state index in [1.54, 1.807) is 31.3 Å². The summed E-state index contributed by atoms with van der Waals surface area (Å²) in [5.74, 6) is -1.70. The summed E-state index contributed by atoms with van der Waals surface area (Å²) in [6, 6.07) is 11.8. The fourth-order valence-corrected chi connectivity index (χ4v) is 5.11. The van der Waals surface area contributed by atoms with Crippen LogP contribution in [0.2, 0.25) is 0 Å². The third-order valence-electron chi connectivity index (χ3n) is 7.11. The van der Waals surface area contributed by atoms with Crippen molar-refractivity contribution in [3.63, 3.8) is 0 Å². The second-order valence-electron chi connectivity index (χ2n) is 9.82. The average Bonchev–Trinajstić information content (AvgIpc) is 2.91. The van der Waals surface area contributed by atoms with Gasteiger partial charge in [-0.2, -0.15) is 0 Å². The maximum Gasteiger partial charge on any atom is 0.337 e. The number of anilines is 3. The molecule has 0 aliphatic carbocycles. The van der Waals surface area contributed by atoms with E-state index >= 15 is 0 Å². The molecule has 39 heavy (non-hydrogen) atoms. The summed E-state index contributed by atoms with van der Waals surface area (Å²) in [5, 5.41) is 12.9. The molecule has 202 valence electrons. The highest BCUT2D eigenvalue weighted by molar-refractivity contribution is 5.94. The lowest BCUT2D eigenvalue weighted by Crippen LogP contribution is -2.48. The Hall–Kier alpha value is -4.47. The molecule has 5 rings (SSSR count). The second kappa shape index (κ2) is 10.4. The summed E-state index contributed by atoms with van der Waals surface area (Å²) in [6.45, 7) is 7.50. The van der Waals surface area contributed by atoms with Gasteiger partial charge in [0, 0.05) is 49.7 Å². The summed E-state index contributed by atoms with van der Waals surface area (Å²) in [5.41, 5.74) is 3.37. The van der Waals surface area contributed by atoms with E-state index in [1.165, 1.54) is 22.6 Å². The molecule has 8 nitrogen and oxygen atoms in total. The second-order valence-corrected chi connectivity index (χ2v) is 9.82. The number of aromatic carboxylic acids is 1. The molecule has 0 bridgehead atoms. The first kappa shape index (κ1) is 26.1. The van der Waals surface area contributed by atoms with Crippen molar-refractivity contribution in [3.8, 4) is 0 Å². The van der Waals surface area contributed by atoms with E-state index in [-0.39, 0.29) is 17.2 Å². The van der Waals surface area contributed by atoms with Crippen LogP contribution < -0.4 is 20.7 Å². The van der Waals surface area contributed by atoms with Crippen LogP contribution in [0.3, 0.4) is 0 Å². The minimum absolute atomic E-state index is 0.151. The number of carboxylic acids is 1. The van der Waals surface area contributed by atoms with Gasteiger partial charge in [0.05, 0.1) is 22.9 Å². The Bertz CT molecular complexity index is 1630. The quantitative estimate of drug-likeness (QED) is 0.368. The first-order valence-corrected chi connectivity index (χ1v) is 12.7. The van der Waals surface area contributed by atoms with Gasteiger partial charge in [-0.1, -0.05) is 12.1 Å². The zero-order valence-electron chi connectivity index (χ0n) is 21.9. The van der Waals surface area contributed by atoms with Crippen molar-refractivity contribution in [1.29, 1.82) is 0 Å². The molecule has 2 N–H and O–H groups in total. The van der Waals surface area contributed by atoms with Gasteiger partial charge in [-0.05, 0) is 56.7 Å². The summed E-state index contributed by atoms with van der Waals surface area (Å²) in [4.78, 5) is 34.0. The molecule has 1 fully saturated rings. The fourth-order valence-electron chi connectivity index (χ4n) is 5.11. The molecule has 1 aliphatic heterocycles. The number of para-hydroxylation sites is 1. The van der Waals surface area contributed by atoms with Crippen molar-refractivity contribution in [2.45, 2.75) is 26.8 Å². The number of hydrogen-bond donors (Lipinski definition) is 2. The SMILES string of the molecule is Cc1cc([C@@H](C)Nc2ccccc2C(=O)O)c2nc(N3CCN(c4ccc(F)cc4F)CC3)c(C)c(=O)n2c1. The predicted molar refractivity (Wildman–Crippen MR) is 147 cm³/mol. The molecule has 0 spiro atoms. The number of carboxylic acid groups (broad SMARTS) is 1. The van der Waals surface area contributed by atoms with Crippen molar-refractivity contribution in [2.75, 3.05) is 41.3 Å². The number of pyridine rings is 1. The molecule has 0 saturated carbocycles. The van der Waals surface area contributed by atoms with E-state index in [0.717, 1.165) is 17.2 Å². The van der Waals surface area contributed by atoms with Gasteiger partial charge < -0.3 is 20.2 Å². The molecule has 10 heteroatoms. The maximum atomic E-state index is 14.3. The van der Waals surface area contributed by atoms with Crippen molar-refractivity contribution in [3.05, 3.63) is 99.0 Å². The van der Waals surface area contributed by atoms with Crippen LogP contribution in [-0.4, -0.2) is 46.6 Å². The number of piperazine rings is 1. The van der Waals surface area contributed by atoms with E-state index in [9.17, 15) is 23.5 Å². The Labute approximate surface area is 224 Å². The largest absolute Gasteiger partial charge is 0.478 e. The average molecular weight is 534 g/mol. The molecule has 2 aromatic heterocycles. The molecule has 0 amide bonds. The number of nitrogens with zero attached hydrogens (tertiary/aromatic N) is 4. The third kappa shape index (κ3) is 5.01. The summed E-state index contributed by atoms with van der Waals surface area (Å²) in [7, 11) is 0. The van der Waals surface area contributed by atoms with Crippen molar-refractivity contribution in [1.82, 2.24) is 9.38 Å². The molecule has 1 aliphatic rings. The predicted octanol–water partition coefficient (Wildman–Crippen LogP) is 4.79. The van der Waals surface area contributed by atoms with Crippen LogP contribution in [-0.2, 0) is 0 Å². The van der Waals surface area contributed by atoms with E-state index in [4.69, 9.17) is 4.98 Å². The minimum Gasteiger partial charge on any atom is -0.478 e. The Balaban J connectivity index is 1.48. The maximum absolute atomic E-state index is 14.3. The molecule has 1 saturated heterocycles. The van der Waals surface area contributed by atoms with Gasteiger partial charge in [0.25, 0.3) is 5.56 Å². The van der Waals surface area contributed by atoms with Gasteiger partial charge in [-0.25, -0.2) is 18.6 Å². The van der Waals surface area contributed by atoms with E-state index in [2.05, 4.69) is 5.32 Å². The van der Waals surface area contributed by atoms with Crippen LogP contribution in [0.4, 0.5) is 26.0 Å². The highest BCUT2D eigenvalue weighted by Crippen LogP contribution is 2.28. The van der Waals surface area contributed by atoms with Crippen LogP contribution in [0.15, 0.2) is 59.5 Å². The number of benzene rings is 2. The Kier molecular flexibility index (Phi) is 6.94. The number of aryl methyl sites for hydroxylation is 1. The number of halogens is 2. The third-order valence-corrected chi connectivity index (χ3v) is 7.11. The lowest BCUT2D eigenvalue weighted by atomic mass is 10.1. The molecular formula is C29H29F2N5O3. The molecule has 3 heterocycles. The number of rotatable bonds is 6. The Morgan fingerprint density at radius 3 is 2.41 bits per heavy atom. The van der Waals surface area contributed by atoms with Crippen molar-refractivity contribution < 1.29 is 18.7 Å². The van der Waals surface area contributed by atoms with Gasteiger partial charge in [0.15, 0.2) is 0 Å². The van der Waals surface area contributed by atoms with Crippen LogP contribution in [0.1, 0.15) is 40.0 Å². The first-order valence-electron chi connectivity index (χ1n) is 12.7. The lowest BCUT2D eigenvalue weighted by Gasteiger charge is -2.37. The molecular weight excluding hydrogens is 504 g/mol. The van der Waals surface area contributed by atoms with E-state index < -0.39 is 17.6 Å². The molecule has 4 aromatic rings. The van der Waals surface area contributed by atoms with Crippen LogP contribution in [0, 0.1) is 25.5 Å². The molecule has 0 radical (unpaired) electrons. The first-order chi connectivity index (χ1) is 18.6. The van der Waals surface area contributed by atoms with Gasteiger partial charge in [-0.3, -0.25) is 9.20 Å². The number of hydrogen-bond acceptors (Lipinski definition) is 6. The smallest absolute Gasteiger partial charge is 0.337 e. The lowest BCUT2D eigenvalue weighted by molar-refractivity contribution is 0.0698. The fraction of sp³-hybridized carbons (Fsp3) is 0.276. The molecule has 0 unspecified atom stereocenters. The van der Waals surface area contributed by atoms with Gasteiger partial charge in [-0.15, -0.1) is 0 Å². The van der Waals surface area contributed by atoms with Crippen LogP contribution >= 0.6 is 0 Å². The Morgan fingerprint density at radius 2 is 1.72 bits per heavy atom. The molecule has 1 atom stereocenters. The number of nitrogens with one attached hydrogen (secondary N) is 1. The number of fused-ring (bicyclic) bond motifs is 1. The van der Waals surface area contributed by atoms with Crippen LogP contribution in [0.5, 0.6) is 0 Å². The van der Waals surface area contributed by atoms with Gasteiger partial charge in [0.1, 0.15) is 23.1 Å². The van der Waals surface area contributed by atoms with E-state index in [0.29, 0.717) is 54.6 Å². The highest BCUT2D eigenvalue weighted by atomic mass is 19.1. The summed E-state index contributed by atoms with van der Waals surface area (Å²) in [6.07, 6.45) is 1.75.